The van der Waals surface area contributed by atoms with Crippen LogP contribution < -0.4 is 5.32 Å². The zero-order valence-electron chi connectivity index (χ0n) is 9.85. The summed E-state index contributed by atoms with van der Waals surface area (Å²) in [4.78, 5) is 12.1. The third kappa shape index (κ3) is 2.30. The van der Waals surface area contributed by atoms with Gasteiger partial charge in [-0.25, -0.2) is 0 Å². The molecule has 1 heterocycles. The van der Waals surface area contributed by atoms with Crippen LogP contribution in [0.15, 0.2) is 48.7 Å². The van der Waals surface area contributed by atoms with Crippen LogP contribution in [-0.2, 0) is 0 Å². The first-order chi connectivity index (χ1) is 9.24. The summed E-state index contributed by atoms with van der Waals surface area (Å²) in [6.07, 6.45) is 1.69. The molecule has 1 aromatic heterocycles. The van der Waals surface area contributed by atoms with Gasteiger partial charge >= 0.3 is 0 Å². The van der Waals surface area contributed by atoms with Crippen LogP contribution in [0.5, 0.6) is 0 Å². The second-order valence-electron chi connectivity index (χ2n) is 4.10. The van der Waals surface area contributed by atoms with Crippen molar-refractivity contribution in [2.24, 2.45) is 0 Å². The molecule has 0 radical (unpaired) electrons. The molecule has 0 aliphatic rings. The van der Waals surface area contributed by atoms with E-state index in [1.807, 2.05) is 18.2 Å². The second kappa shape index (κ2) is 4.74. The number of anilines is 1. The van der Waals surface area contributed by atoms with Crippen molar-refractivity contribution >= 4 is 34.1 Å². The van der Waals surface area contributed by atoms with Crippen LogP contribution in [0.1, 0.15) is 10.4 Å². The van der Waals surface area contributed by atoms with Crippen LogP contribution in [-0.4, -0.2) is 16.1 Å². The van der Waals surface area contributed by atoms with Gasteiger partial charge in [-0.1, -0.05) is 17.7 Å². The first-order valence-electron chi connectivity index (χ1n) is 5.73. The van der Waals surface area contributed by atoms with Crippen molar-refractivity contribution in [3.63, 3.8) is 0 Å². The topological polar surface area (TPSA) is 57.8 Å². The molecule has 0 spiro atoms. The van der Waals surface area contributed by atoms with Gasteiger partial charge in [0.2, 0.25) is 0 Å². The third-order valence-electron chi connectivity index (χ3n) is 2.84. The van der Waals surface area contributed by atoms with Gasteiger partial charge in [-0.2, -0.15) is 5.10 Å². The Bertz CT molecular complexity index is 734. The first kappa shape index (κ1) is 11.7. The number of nitrogens with one attached hydrogen (secondary N) is 2. The molecular weight excluding hydrogens is 262 g/mol. The largest absolute Gasteiger partial charge is 0.321 e. The van der Waals surface area contributed by atoms with Gasteiger partial charge in [0, 0.05) is 16.0 Å². The number of aromatic nitrogens is 2. The van der Waals surface area contributed by atoms with E-state index in [1.165, 1.54) is 0 Å². The normalized spacial score (nSPS) is 10.6. The number of hydrogen-bond acceptors (Lipinski definition) is 2. The molecule has 19 heavy (non-hydrogen) atoms. The van der Waals surface area contributed by atoms with E-state index in [0.717, 1.165) is 16.6 Å². The lowest BCUT2D eigenvalue weighted by atomic mass is 10.2. The molecule has 1 amide bonds. The second-order valence-corrected chi connectivity index (χ2v) is 4.53. The fraction of sp³-hybridized carbons (Fsp3) is 0. The first-order valence-corrected chi connectivity index (χ1v) is 6.11. The Kier molecular flexibility index (Phi) is 2.93. The Labute approximate surface area is 114 Å². The van der Waals surface area contributed by atoms with E-state index in [4.69, 9.17) is 11.6 Å². The molecule has 0 unspecified atom stereocenters. The summed E-state index contributed by atoms with van der Waals surface area (Å²) in [5.41, 5.74) is 2.17. The van der Waals surface area contributed by atoms with Gasteiger partial charge in [-0.15, -0.1) is 0 Å². The molecule has 0 bridgehead atoms. The van der Waals surface area contributed by atoms with Crippen LogP contribution in [0.3, 0.4) is 0 Å². The van der Waals surface area contributed by atoms with Crippen molar-refractivity contribution in [2.45, 2.75) is 0 Å². The summed E-state index contributed by atoms with van der Waals surface area (Å²) in [6.45, 7) is 0. The molecular formula is C14H10ClN3O. The van der Waals surface area contributed by atoms with Crippen molar-refractivity contribution in [1.29, 1.82) is 0 Å². The van der Waals surface area contributed by atoms with Crippen LogP contribution in [0, 0.1) is 0 Å². The van der Waals surface area contributed by atoms with Gasteiger partial charge in [-0.3, -0.25) is 9.89 Å². The quantitative estimate of drug-likeness (QED) is 0.750. The monoisotopic (exact) mass is 271 g/mol. The fourth-order valence-electron chi connectivity index (χ4n) is 1.87. The number of rotatable bonds is 2. The molecule has 2 aromatic carbocycles. The molecule has 0 saturated heterocycles. The van der Waals surface area contributed by atoms with Crippen molar-refractivity contribution in [3.8, 4) is 0 Å². The number of carbonyl (C=O) groups excluding carboxylic acids is 1. The highest BCUT2D eigenvalue weighted by molar-refractivity contribution is 6.30. The van der Waals surface area contributed by atoms with E-state index >= 15 is 0 Å². The minimum absolute atomic E-state index is 0.176. The minimum Gasteiger partial charge on any atom is -0.321 e. The summed E-state index contributed by atoms with van der Waals surface area (Å²) in [7, 11) is 0. The molecule has 0 atom stereocenters. The smallest absolute Gasteiger partial charge is 0.255 e. The predicted molar refractivity (Wildman–Crippen MR) is 75.5 cm³/mol. The van der Waals surface area contributed by atoms with E-state index < -0.39 is 0 Å². The van der Waals surface area contributed by atoms with Crippen molar-refractivity contribution in [3.05, 3.63) is 59.2 Å². The van der Waals surface area contributed by atoms with Crippen LogP contribution in [0.2, 0.25) is 5.02 Å². The molecule has 4 nitrogen and oxygen atoms in total. The highest BCUT2D eigenvalue weighted by Gasteiger charge is 2.08. The maximum atomic E-state index is 12.1. The highest BCUT2D eigenvalue weighted by atomic mass is 35.5. The summed E-state index contributed by atoms with van der Waals surface area (Å²) in [5, 5.41) is 11.2. The number of benzene rings is 2. The lowest BCUT2D eigenvalue weighted by Crippen LogP contribution is -2.11. The molecule has 94 valence electrons. The van der Waals surface area contributed by atoms with Crippen LogP contribution >= 0.6 is 11.6 Å². The van der Waals surface area contributed by atoms with Crippen LogP contribution in [0.4, 0.5) is 5.69 Å². The van der Waals surface area contributed by atoms with Gasteiger partial charge in [0.15, 0.2) is 0 Å². The van der Waals surface area contributed by atoms with Gasteiger partial charge < -0.3 is 5.32 Å². The maximum Gasteiger partial charge on any atom is 0.255 e. The van der Waals surface area contributed by atoms with Gasteiger partial charge in [0.05, 0.1) is 17.4 Å². The minimum atomic E-state index is -0.176. The average molecular weight is 272 g/mol. The fourth-order valence-corrected chi connectivity index (χ4v) is 2.00. The molecule has 0 saturated carbocycles. The Morgan fingerprint density at radius 1 is 1.16 bits per heavy atom. The molecule has 0 aliphatic heterocycles. The molecule has 3 aromatic rings. The van der Waals surface area contributed by atoms with E-state index in [2.05, 4.69) is 15.5 Å². The third-order valence-corrected chi connectivity index (χ3v) is 3.09. The number of amides is 1. The van der Waals surface area contributed by atoms with Crippen LogP contribution in [0.25, 0.3) is 10.9 Å². The zero-order valence-corrected chi connectivity index (χ0v) is 10.6. The van der Waals surface area contributed by atoms with Crippen molar-refractivity contribution in [2.75, 3.05) is 5.32 Å². The summed E-state index contributed by atoms with van der Waals surface area (Å²) >= 11 is 5.80. The highest BCUT2D eigenvalue weighted by Crippen LogP contribution is 2.21. The number of nitrogens with zero attached hydrogens (tertiary/aromatic N) is 1. The van der Waals surface area contributed by atoms with E-state index in [-0.39, 0.29) is 5.91 Å². The van der Waals surface area contributed by atoms with E-state index in [0.29, 0.717) is 10.6 Å². The summed E-state index contributed by atoms with van der Waals surface area (Å²) < 4.78 is 0. The number of halogens is 1. The van der Waals surface area contributed by atoms with Gasteiger partial charge in [0.1, 0.15) is 0 Å². The molecule has 0 fully saturated rings. The summed E-state index contributed by atoms with van der Waals surface area (Å²) in [5.74, 6) is -0.176. The van der Waals surface area contributed by atoms with Crippen molar-refractivity contribution in [1.82, 2.24) is 10.2 Å². The number of H-pyrrole nitrogens is 1. The Morgan fingerprint density at radius 2 is 1.95 bits per heavy atom. The zero-order chi connectivity index (χ0) is 13.2. The maximum absolute atomic E-state index is 12.1. The number of aromatic amines is 1. The standard InChI is InChI=1S/C14H10ClN3O/c15-10-6-4-9(5-7-10)14(19)17-12-2-1-3-13-11(12)8-16-18-13/h1-8H,(H,16,18)(H,17,19). The lowest BCUT2D eigenvalue weighted by Gasteiger charge is -2.06. The lowest BCUT2D eigenvalue weighted by molar-refractivity contribution is 0.102. The number of hydrogen-bond donors (Lipinski definition) is 2. The van der Waals surface area contributed by atoms with E-state index in [1.54, 1.807) is 30.5 Å². The summed E-state index contributed by atoms with van der Waals surface area (Å²) in [6, 6.07) is 12.4. The predicted octanol–water partition coefficient (Wildman–Crippen LogP) is 3.47. The van der Waals surface area contributed by atoms with Gasteiger partial charge in [0.25, 0.3) is 5.91 Å². The Morgan fingerprint density at radius 3 is 2.74 bits per heavy atom. The van der Waals surface area contributed by atoms with Crippen molar-refractivity contribution < 1.29 is 4.79 Å². The number of carbonyl (C=O) groups is 1. The van der Waals surface area contributed by atoms with Gasteiger partial charge in [-0.05, 0) is 36.4 Å². The molecule has 2 N–H and O–H groups in total. The average Bonchev–Trinajstić information content (AvgIpc) is 2.89. The Balaban J connectivity index is 1.90. The SMILES string of the molecule is O=C(Nc1cccc2[nH]ncc12)c1ccc(Cl)cc1. The van der Waals surface area contributed by atoms with E-state index in [9.17, 15) is 4.79 Å². The molecule has 5 heteroatoms. The number of fused-ring (bicyclic) bond motifs is 1. The molecule has 3 rings (SSSR count). The molecule has 0 aliphatic carbocycles. The Hall–Kier alpha value is -2.33.